The molecule has 498 valence electrons. The van der Waals surface area contributed by atoms with Crippen molar-refractivity contribution in [2.45, 2.75) is 335 Å². The van der Waals surface area contributed by atoms with E-state index in [1.54, 1.807) is 0 Å². The lowest BCUT2D eigenvalue weighted by molar-refractivity contribution is 0.0289. The molecule has 11 nitrogen and oxygen atoms in total. The molecule has 1 aliphatic rings. The molecule has 0 aromatic rings. The van der Waals surface area contributed by atoms with Crippen LogP contribution >= 0.6 is 0 Å². The quantitative estimate of drug-likeness (QED) is 0.0437. The Morgan fingerprint density at radius 1 is 0.289 bits per heavy atom. The molecule has 3 atom stereocenters. The van der Waals surface area contributed by atoms with Gasteiger partial charge in [-0.3, -0.25) is 24.5 Å². The van der Waals surface area contributed by atoms with Gasteiger partial charge in [0.2, 0.25) is 0 Å². The fraction of sp³-hybridized carbons (Fsp3) is 1.00. The average Bonchev–Trinajstić information content (AvgIpc) is 3.50. The molecular weight excluding hydrogens is 1030 g/mol. The lowest BCUT2D eigenvalue weighted by Gasteiger charge is -2.36. The minimum absolute atomic E-state index is 0.196. The van der Waals surface area contributed by atoms with E-state index in [0.717, 1.165) is 111 Å². The number of aliphatic hydroxyl groups excluding tert-OH is 4. The Labute approximate surface area is 518 Å². The van der Waals surface area contributed by atoms with E-state index in [0.29, 0.717) is 52.6 Å². The van der Waals surface area contributed by atoms with Gasteiger partial charge in [0.05, 0.1) is 51.3 Å². The maximum Gasteiger partial charge on any atom is 0.0667 e. The summed E-state index contributed by atoms with van der Waals surface area (Å²) in [5.74, 6) is 0. The van der Waals surface area contributed by atoms with Gasteiger partial charge in [-0.05, 0) is 32.2 Å². The number of nitrogens with zero attached hydrogens (tertiary/aromatic N) is 5. The van der Waals surface area contributed by atoms with E-state index in [1.165, 1.54) is 250 Å². The first kappa shape index (κ1) is 80.6. The van der Waals surface area contributed by atoms with Crippen LogP contribution in [-0.4, -0.2) is 194 Å². The van der Waals surface area contributed by atoms with Crippen LogP contribution in [0.5, 0.6) is 0 Å². The van der Waals surface area contributed by atoms with Crippen LogP contribution in [0.2, 0.25) is 0 Å². The van der Waals surface area contributed by atoms with E-state index < -0.39 is 0 Å². The Bertz CT molecular complexity index is 1200. The summed E-state index contributed by atoms with van der Waals surface area (Å²) in [6.45, 7) is 25.2. The molecule has 1 heterocycles. The van der Waals surface area contributed by atoms with Crippen LogP contribution in [0.4, 0.5) is 0 Å². The molecule has 1 aliphatic heterocycles. The molecule has 0 bridgehead atoms. The zero-order chi connectivity index (χ0) is 60.0. The number of rotatable bonds is 69. The molecule has 0 aromatic heterocycles. The lowest BCUT2D eigenvalue weighted by Crippen LogP contribution is -2.49. The molecule has 0 radical (unpaired) electrons. The largest absolute Gasteiger partial charge is 0.395 e. The third-order valence-electron chi connectivity index (χ3n) is 18.2. The SMILES string of the molecule is CCCCCCCCCCCCCCN(CCO)CCOCCN(CCN1CCN(CCOCCN(CC(O)CCCCCCCCCCCC)CC(O)CCCCCCCCCCCC)CC1)CC(O)CCCCCCCCCCCC. The molecule has 0 amide bonds. The average molecular weight is 1180 g/mol. The maximum atomic E-state index is 11.3. The molecule has 1 rings (SSSR count). The van der Waals surface area contributed by atoms with Gasteiger partial charge >= 0.3 is 0 Å². The predicted molar refractivity (Wildman–Crippen MR) is 359 cm³/mol. The highest BCUT2D eigenvalue weighted by Gasteiger charge is 2.20. The third-order valence-corrected chi connectivity index (χ3v) is 18.2. The van der Waals surface area contributed by atoms with Crippen LogP contribution < -0.4 is 0 Å². The number of aliphatic hydroxyl groups is 4. The Morgan fingerprint density at radius 3 is 0.916 bits per heavy atom. The van der Waals surface area contributed by atoms with Crippen molar-refractivity contribution < 1.29 is 29.9 Å². The summed E-state index contributed by atoms with van der Waals surface area (Å²) in [6.07, 6.45) is 57.0. The smallest absolute Gasteiger partial charge is 0.0667 e. The van der Waals surface area contributed by atoms with Crippen molar-refractivity contribution in [2.24, 2.45) is 0 Å². The van der Waals surface area contributed by atoms with E-state index in [9.17, 15) is 20.4 Å². The Balaban J connectivity index is 2.57. The zero-order valence-electron chi connectivity index (χ0n) is 56.5. The van der Waals surface area contributed by atoms with Crippen LogP contribution in [-0.2, 0) is 9.47 Å². The molecule has 0 aromatic carbocycles. The van der Waals surface area contributed by atoms with Gasteiger partial charge in [-0.2, -0.15) is 0 Å². The molecule has 1 saturated heterocycles. The van der Waals surface area contributed by atoms with Crippen molar-refractivity contribution in [1.82, 2.24) is 24.5 Å². The zero-order valence-corrected chi connectivity index (χ0v) is 56.5. The monoisotopic (exact) mass is 1180 g/mol. The summed E-state index contributed by atoms with van der Waals surface area (Å²) < 4.78 is 12.6. The van der Waals surface area contributed by atoms with Crippen molar-refractivity contribution in [3.8, 4) is 0 Å². The fourth-order valence-electron chi connectivity index (χ4n) is 12.5. The summed E-state index contributed by atoms with van der Waals surface area (Å²) in [6, 6.07) is 0. The van der Waals surface area contributed by atoms with Gasteiger partial charge in [0, 0.05) is 91.6 Å². The van der Waals surface area contributed by atoms with Gasteiger partial charge in [0.1, 0.15) is 0 Å². The second-order valence-electron chi connectivity index (χ2n) is 26.3. The first-order valence-corrected chi connectivity index (χ1v) is 37.3. The summed E-state index contributed by atoms with van der Waals surface area (Å²) in [5, 5.41) is 43.4. The molecule has 4 N–H and O–H groups in total. The van der Waals surface area contributed by atoms with Crippen molar-refractivity contribution in [3.63, 3.8) is 0 Å². The highest BCUT2D eigenvalue weighted by Crippen LogP contribution is 2.18. The second kappa shape index (κ2) is 64.5. The van der Waals surface area contributed by atoms with Gasteiger partial charge in [-0.15, -0.1) is 0 Å². The predicted octanol–water partition coefficient (Wildman–Crippen LogP) is 16.3. The molecule has 1 fully saturated rings. The summed E-state index contributed by atoms with van der Waals surface area (Å²) in [5.41, 5.74) is 0. The Hall–Kier alpha value is -0.440. The summed E-state index contributed by atoms with van der Waals surface area (Å²) in [7, 11) is 0. The first-order valence-electron chi connectivity index (χ1n) is 37.3. The highest BCUT2D eigenvalue weighted by molar-refractivity contribution is 4.75. The Morgan fingerprint density at radius 2 is 0.566 bits per heavy atom. The van der Waals surface area contributed by atoms with Gasteiger partial charge < -0.3 is 29.9 Å². The van der Waals surface area contributed by atoms with Gasteiger partial charge in [-0.1, -0.05) is 291 Å². The number of unbranched alkanes of at least 4 members (excludes halogenated alkanes) is 38. The number of piperazine rings is 1. The van der Waals surface area contributed by atoms with Crippen LogP contribution in [0.1, 0.15) is 317 Å². The standard InChI is InChI=1S/C72H149N5O6/c1-5-9-13-17-21-25-29-30-34-38-42-46-50-73(57-62-78)58-63-82-65-60-76(67-70(79)47-43-39-35-31-26-22-18-14-10-6-2)56-55-74-51-53-75(54-52-74)59-64-83-66-61-77(68-71(80)48-44-40-36-32-27-23-19-15-11-7-3)69-72(81)49-45-41-37-33-28-24-20-16-12-8-4/h70-72,78-81H,5-69H2,1-4H3. The lowest BCUT2D eigenvalue weighted by atomic mass is 10.0. The first-order chi connectivity index (χ1) is 40.8. The van der Waals surface area contributed by atoms with E-state index in [1.807, 2.05) is 0 Å². The van der Waals surface area contributed by atoms with E-state index >= 15 is 0 Å². The molecular formula is C72H149N5O6. The Kier molecular flexibility index (Phi) is 62.7. The summed E-state index contributed by atoms with van der Waals surface area (Å²) in [4.78, 5) is 12.3. The second-order valence-corrected chi connectivity index (χ2v) is 26.3. The molecule has 11 heteroatoms. The summed E-state index contributed by atoms with van der Waals surface area (Å²) >= 11 is 0. The highest BCUT2D eigenvalue weighted by atomic mass is 16.5. The van der Waals surface area contributed by atoms with Crippen molar-refractivity contribution in [1.29, 1.82) is 0 Å². The number of hydrogen-bond acceptors (Lipinski definition) is 11. The molecule has 0 aliphatic carbocycles. The molecule has 3 unspecified atom stereocenters. The van der Waals surface area contributed by atoms with Gasteiger partial charge in [0.25, 0.3) is 0 Å². The van der Waals surface area contributed by atoms with Crippen molar-refractivity contribution in [3.05, 3.63) is 0 Å². The van der Waals surface area contributed by atoms with Crippen molar-refractivity contribution >= 4 is 0 Å². The minimum Gasteiger partial charge on any atom is -0.395 e. The fourth-order valence-corrected chi connectivity index (χ4v) is 12.5. The van der Waals surface area contributed by atoms with Gasteiger partial charge in [0.15, 0.2) is 0 Å². The van der Waals surface area contributed by atoms with E-state index in [-0.39, 0.29) is 24.9 Å². The molecule has 0 spiro atoms. The van der Waals surface area contributed by atoms with Crippen LogP contribution in [0.15, 0.2) is 0 Å². The van der Waals surface area contributed by atoms with Crippen LogP contribution in [0, 0.1) is 0 Å². The molecule has 0 saturated carbocycles. The number of ether oxygens (including phenoxy) is 2. The maximum absolute atomic E-state index is 11.3. The minimum atomic E-state index is -0.359. The number of hydrogen-bond donors (Lipinski definition) is 4. The van der Waals surface area contributed by atoms with Crippen LogP contribution in [0.25, 0.3) is 0 Å². The third kappa shape index (κ3) is 56.5. The van der Waals surface area contributed by atoms with E-state index in [2.05, 4.69) is 52.2 Å². The topological polar surface area (TPSA) is 116 Å². The normalized spacial score (nSPS) is 14.8. The van der Waals surface area contributed by atoms with Crippen LogP contribution in [0.3, 0.4) is 0 Å². The van der Waals surface area contributed by atoms with E-state index in [4.69, 9.17) is 9.47 Å². The van der Waals surface area contributed by atoms with Gasteiger partial charge in [-0.25, -0.2) is 0 Å². The van der Waals surface area contributed by atoms with Crippen molar-refractivity contribution in [2.75, 3.05) is 131 Å². The molecule has 83 heavy (non-hydrogen) atoms.